The number of hydrogen-bond acceptors (Lipinski definition) is 6. The quantitative estimate of drug-likeness (QED) is 0.217. The first-order valence-corrected chi connectivity index (χ1v) is 12.0. The van der Waals surface area contributed by atoms with Crippen LogP contribution in [0.25, 0.3) is 16.6 Å². The maximum Gasteiger partial charge on any atom is 0.270 e. The van der Waals surface area contributed by atoms with Gasteiger partial charge in [0.1, 0.15) is 5.82 Å². The van der Waals surface area contributed by atoms with Crippen LogP contribution in [0.2, 0.25) is 10.0 Å². The Morgan fingerprint density at radius 1 is 1.14 bits per heavy atom. The van der Waals surface area contributed by atoms with Gasteiger partial charge in [0.25, 0.3) is 17.2 Å². The fourth-order valence-electron chi connectivity index (χ4n) is 4.02. The van der Waals surface area contributed by atoms with E-state index >= 15 is 0 Å². The van der Waals surface area contributed by atoms with Gasteiger partial charge in [0.15, 0.2) is 0 Å². The minimum Gasteiger partial charge on any atom is -0.383 e. The summed E-state index contributed by atoms with van der Waals surface area (Å²) in [6.45, 7) is 2.09. The van der Waals surface area contributed by atoms with Crippen molar-refractivity contribution in [2.24, 2.45) is 0 Å². The molecule has 0 radical (unpaired) electrons. The fourth-order valence-corrected chi connectivity index (χ4v) is 4.40. The number of carbonyl (C=O) groups excluding carboxylic acids is 1. The van der Waals surface area contributed by atoms with Crippen LogP contribution in [0.4, 0.5) is 5.69 Å². The number of ether oxygens (including phenoxy) is 1. The van der Waals surface area contributed by atoms with E-state index in [9.17, 15) is 19.7 Å². The molecular formula is C26H22Cl2N4O5. The summed E-state index contributed by atoms with van der Waals surface area (Å²) in [5.74, 6) is -0.178. The summed E-state index contributed by atoms with van der Waals surface area (Å²) in [5.41, 5.74) is 0.554. The van der Waals surface area contributed by atoms with E-state index in [2.05, 4.69) is 0 Å². The molecule has 1 unspecified atom stereocenters. The highest BCUT2D eigenvalue weighted by atomic mass is 35.5. The molecule has 0 N–H and O–H groups in total. The second-order valence-electron chi connectivity index (χ2n) is 8.19. The summed E-state index contributed by atoms with van der Waals surface area (Å²) >= 11 is 12.4. The van der Waals surface area contributed by atoms with Crippen molar-refractivity contribution in [3.63, 3.8) is 0 Å². The number of benzene rings is 3. The van der Waals surface area contributed by atoms with E-state index in [-0.39, 0.29) is 35.0 Å². The molecule has 1 heterocycles. The van der Waals surface area contributed by atoms with Crippen molar-refractivity contribution in [3.05, 3.63) is 109 Å². The van der Waals surface area contributed by atoms with Crippen molar-refractivity contribution < 1.29 is 14.5 Å². The highest BCUT2D eigenvalue weighted by molar-refractivity contribution is 6.34. The Hall–Kier alpha value is -3.79. The van der Waals surface area contributed by atoms with Gasteiger partial charge >= 0.3 is 0 Å². The maximum atomic E-state index is 13.7. The topological polar surface area (TPSA) is 108 Å². The lowest BCUT2D eigenvalue weighted by Gasteiger charge is -2.30. The van der Waals surface area contributed by atoms with Crippen molar-refractivity contribution in [1.29, 1.82) is 0 Å². The van der Waals surface area contributed by atoms with Gasteiger partial charge in [-0.3, -0.25) is 24.3 Å². The SMILES string of the molecule is COCCN(C(=O)c1ccc([N+](=O)[O-])cc1Cl)C(C)c1nc2ccccc2c(=O)n1-c1ccc(Cl)cc1. The molecular weight excluding hydrogens is 519 g/mol. The summed E-state index contributed by atoms with van der Waals surface area (Å²) in [6, 6.07) is 16.6. The number of amides is 1. The van der Waals surface area contributed by atoms with Gasteiger partial charge in [0.2, 0.25) is 0 Å². The van der Waals surface area contributed by atoms with E-state index in [0.29, 0.717) is 27.4 Å². The Morgan fingerprint density at radius 3 is 2.49 bits per heavy atom. The largest absolute Gasteiger partial charge is 0.383 e. The normalized spacial score (nSPS) is 11.9. The average Bonchev–Trinajstić information content (AvgIpc) is 2.89. The minimum atomic E-state index is -0.720. The molecule has 0 spiro atoms. The summed E-state index contributed by atoms with van der Waals surface area (Å²) in [4.78, 5) is 44.1. The van der Waals surface area contributed by atoms with Gasteiger partial charge in [-0.1, -0.05) is 35.3 Å². The molecule has 1 amide bonds. The second-order valence-corrected chi connectivity index (χ2v) is 9.04. The number of aromatic nitrogens is 2. The zero-order chi connectivity index (χ0) is 26.7. The molecule has 1 atom stereocenters. The van der Waals surface area contributed by atoms with E-state index in [1.807, 2.05) is 0 Å². The Kier molecular flexibility index (Phi) is 7.87. The number of para-hydroxylation sites is 1. The fraction of sp³-hybridized carbons (Fsp3) is 0.192. The molecule has 4 aromatic rings. The van der Waals surface area contributed by atoms with E-state index in [1.54, 1.807) is 55.5 Å². The number of nitro groups is 1. The summed E-state index contributed by atoms with van der Waals surface area (Å²) < 4.78 is 6.68. The first-order valence-electron chi connectivity index (χ1n) is 11.2. The van der Waals surface area contributed by atoms with E-state index in [4.69, 9.17) is 32.9 Å². The Bertz CT molecular complexity index is 1540. The highest BCUT2D eigenvalue weighted by Crippen LogP contribution is 2.28. The maximum absolute atomic E-state index is 13.7. The van der Waals surface area contributed by atoms with Crippen LogP contribution in [0, 0.1) is 10.1 Å². The number of fused-ring (bicyclic) bond motifs is 1. The second kappa shape index (κ2) is 11.1. The number of hydrogen-bond donors (Lipinski definition) is 0. The third-order valence-electron chi connectivity index (χ3n) is 5.92. The van der Waals surface area contributed by atoms with Crippen molar-refractivity contribution in [1.82, 2.24) is 14.5 Å². The molecule has 0 fully saturated rings. The standard InChI is InChI=1S/C26H22Cl2N4O5/c1-16(30(13-14-37-2)25(33)20-12-11-19(32(35)36)15-22(20)28)24-29-23-6-4-3-5-21(23)26(34)31(24)18-9-7-17(27)8-10-18/h3-12,15-16H,13-14H2,1-2H3. The highest BCUT2D eigenvalue weighted by Gasteiger charge is 2.29. The lowest BCUT2D eigenvalue weighted by atomic mass is 10.1. The Labute approximate surface area is 222 Å². The molecule has 0 bridgehead atoms. The van der Waals surface area contributed by atoms with Gasteiger partial charge in [-0.15, -0.1) is 0 Å². The van der Waals surface area contributed by atoms with Gasteiger partial charge in [0.05, 0.1) is 44.7 Å². The number of non-ortho nitro benzene ring substituents is 1. The lowest BCUT2D eigenvalue weighted by molar-refractivity contribution is -0.384. The van der Waals surface area contributed by atoms with Crippen molar-refractivity contribution >= 4 is 45.7 Å². The van der Waals surface area contributed by atoms with Crippen LogP contribution in [-0.2, 0) is 4.74 Å². The van der Waals surface area contributed by atoms with Crippen molar-refractivity contribution in [3.8, 4) is 5.69 Å². The lowest BCUT2D eigenvalue weighted by Crippen LogP contribution is -2.39. The third kappa shape index (κ3) is 5.34. The molecule has 37 heavy (non-hydrogen) atoms. The number of rotatable bonds is 8. The first kappa shape index (κ1) is 26.3. The van der Waals surface area contributed by atoms with Crippen molar-refractivity contribution in [2.45, 2.75) is 13.0 Å². The monoisotopic (exact) mass is 540 g/mol. The van der Waals surface area contributed by atoms with Gasteiger partial charge in [-0.05, 0) is 49.4 Å². The number of halogens is 2. The van der Waals surface area contributed by atoms with Crippen LogP contribution in [0.5, 0.6) is 0 Å². The molecule has 0 aliphatic heterocycles. The Balaban J connectivity index is 1.88. The summed E-state index contributed by atoms with van der Waals surface area (Å²) in [6.07, 6.45) is 0. The van der Waals surface area contributed by atoms with E-state index in [0.717, 1.165) is 6.07 Å². The third-order valence-corrected chi connectivity index (χ3v) is 6.48. The van der Waals surface area contributed by atoms with E-state index < -0.39 is 16.9 Å². The molecule has 190 valence electrons. The number of carbonyl (C=O) groups is 1. The van der Waals surface area contributed by atoms with Crippen LogP contribution in [-0.4, -0.2) is 45.5 Å². The van der Waals surface area contributed by atoms with Gasteiger partial charge < -0.3 is 9.64 Å². The molecule has 0 aliphatic rings. The predicted octanol–water partition coefficient (Wildman–Crippen LogP) is 5.45. The number of methoxy groups -OCH3 is 1. The molecule has 1 aromatic heterocycles. The molecule has 0 saturated heterocycles. The van der Waals surface area contributed by atoms with Gasteiger partial charge in [-0.2, -0.15) is 0 Å². The Morgan fingerprint density at radius 2 is 1.84 bits per heavy atom. The van der Waals surface area contributed by atoms with Crippen LogP contribution in [0.1, 0.15) is 29.1 Å². The molecule has 0 saturated carbocycles. The smallest absolute Gasteiger partial charge is 0.270 e. The molecule has 9 nitrogen and oxygen atoms in total. The van der Waals surface area contributed by atoms with Crippen LogP contribution >= 0.6 is 23.2 Å². The van der Waals surface area contributed by atoms with Crippen LogP contribution in [0.15, 0.2) is 71.5 Å². The number of nitrogens with zero attached hydrogens (tertiary/aromatic N) is 4. The summed E-state index contributed by atoms with van der Waals surface area (Å²) in [5, 5.41) is 12.0. The van der Waals surface area contributed by atoms with Gasteiger partial charge in [-0.25, -0.2) is 4.98 Å². The van der Waals surface area contributed by atoms with E-state index in [1.165, 1.54) is 28.7 Å². The zero-order valence-electron chi connectivity index (χ0n) is 19.9. The summed E-state index contributed by atoms with van der Waals surface area (Å²) in [7, 11) is 1.50. The molecule has 11 heteroatoms. The minimum absolute atomic E-state index is 0.0598. The molecule has 4 rings (SSSR count). The average molecular weight is 541 g/mol. The van der Waals surface area contributed by atoms with Gasteiger partial charge in [0, 0.05) is 30.8 Å². The predicted molar refractivity (Wildman–Crippen MR) is 142 cm³/mol. The van der Waals surface area contributed by atoms with Crippen LogP contribution < -0.4 is 5.56 Å². The number of nitro benzene ring substituents is 1. The zero-order valence-corrected chi connectivity index (χ0v) is 21.4. The first-order chi connectivity index (χ1) is 17.7. The van der Waals surface area contributed by atoms with Crippen molar-refractivity contribution in [2.75, 3.05) is 20.3 Å². The molecule has 3 aromatic carbocycles. The van der Waals surface area contributed by atoms with Crippen LogP contribution in [0.3, 0.4) is 0 Å². The molecule has 0 aliphatic carbocycles.